The largest absolute Gasteiger partial charge is 0.310 e. The molecule has 26 heavy (non-hydrogen) atoms. The van der Waals surface area contributed by atoms with Crippen LogP contribution < -0.4 is 5.32 Å². The number of aromatic nitrogens is 2. The third-order valence-electron chi connectivity index (χ3n) is 5.63. The van der Waals surface area contributed by atoms with Gasteiger partial charge in [0.05, 0.1) is 10.4 Å². The molecule has 2 aromatic heterocycles. The van der Waals surface area contributed by atoms with Gasteiger partial charge in [-0.15, -0.1) is 11.3 Å². The van der Waals surface area contributed by atoms with Gasteiger partial charge in [-0.05, 0) is 48.4 Å². The lowest BCUT2D eigenvalue weighted by Crippen LogP contribution is -2.62. The van der Waals surface area contributed by atoms with Gasteiger partial charge < -0.3 is 10.2 Å². The summed E-state index contributed by atoms with van der Waals surface area (Å²) in [5.41, 5.74) is 3.39. The molecule has 1 N–H and O–H groups in total. The Labute approximate surface area is 156 Å². The Kier molecular flexibility index (Phi) is 3.58. The van der Waals surface area contributed by atoms with E-state index in [4.69, 9.17) is 0 Å². The monoisotopic (exact) mass is 364 g/mol. The minimum Gasteiger partial charge on any atom is -0.310 e. The maximum Gasteiger partial charge on any atom is 0.228 e. The molecule has 132 valence electrons. The van der Waals surface area contributed by atoms with Gasteiger partial charge in [-0.3, -0.25) is 9.78 Å². The normalized spacial score (nSPS) is 19.3. The van der Waals surface area contributed by atoms with Crippen LogP contribution in [0.15, 0.2) is 42.2 Å². The van der Waals surface area contributed by atoms with Crippen molar-refractivity contribution in [1.29, 1.82) is 0 Å². The summed E-state index contributed by atoms with van der Waals surface area (Å²) in [5.74, 6) is 0.871. The average Bonchev–Trinajstić information content (AvgIpc) is 3.10. The zero-order valence-corrected chi connectivity index (χ0v) is 15.4. The highest BCUT2D eigenvalue weighted by Crippen LogP contribution is 2.51. The Balaban J connectivity index is 1.32. The van der Waals surface area contributed by atoms with E-state index >= 15 is 0 Å². The van der Waals surface area contributed by atoms with Gasteiger partial charge in [-0.25, -0.2) is 4.98 Å². The van der Waals surface area contributed by atoms with Crippen LogP contribution in [0.2, 0.25) is 0 Å². The quantitative estimate of drug-likeness (QED) is 0.771. The summed E-state index contributed by atoms with van der Waals surface area (Å²) in [4.78, 5) is 24.5. The lowest BCUT2D eigenvalue weighted by atomic mass is 9.57. The third-order valence-corrected chi connectivity index (χ3v) is 6.45. The van der Waals surface area contributed by atoms with E-state index in [0.29, 0.717) is 11.2 Å². The van der Waals surface area contributed by atoms with Gasteiger partial charge in [0.2, 0.25) is 5.91 Å². The van der Waals surface area contributed by atoms with Gasteiger partial charge in [-0.1, -0.05) is 12.1 Å². The predicted molar refractivity (Wildman–Crippen MR) is 104 cm³/mol. The van der Waals surface area contributed by atoms with Crippen LogP contribution in [-0.2, 0) is 4.79 Å². The zero-order chi connectivity index (χ0) is 17.7. The first-order valence-electron chi connectivity index (χ1n) is 8.88. The van der Waals surface area contributed by atoms with Crippen LogP contribution in [0.1, 0.15) is 12.8 Å². The Bertz CT molecular complexity index is 971. The molecule has 1 spiro atoms. The molecule has 1 aromatic carbocycles. The van der Waals surface area contributed by atoms with Crippen LogP contribution in [-0.4, -0.2) is 40.9 Å². The lowest BCUT2D eigenvalue weighted by Gasteiger charge is -2.57. The van der Waals surface area contributed by atoms with E-state index in [0.717, 1.165) is 47.1 Å². The minimum atomic E-state index is 0.107. The summed E-state index contributed by atoms with van der Waals surface area (Å²) < 4.78 is 0. The summed E-state index contributed by atoms with van der Waals surface area (Å²) in [5, 5.41) is 5.16. The second kappa shape index (κ2) is 5.86. The second-order valence-electron chi connectivity index (χ2n) is 7.76. The van der Waals surface area contributed by atoms with E-state index in [2.05, 4.69) is 45.4 Å². The number of likely N-dealkylation sites (tertiary alicyclic amines) is 1. The molecule has 1 saturated heterocycles. The first-order chi connectivity index (χ1) is 12.6. The molecule has 2 fully saturated rings. The average molecular weight is 364 g/mol. The van der Waals surface area contributed by atoms with Crippen LogP contribution in [0.3, 0.4) is 0 Å². The van der Waals surface area contributed by atoms with E-state index in [1.807, 2.05) is 24.0 Å². The number of anilines is 1. The molecule has 1 saturated carbocycles. The summed E-state index contributed by atoms with van der Waals surface area (Å²) in [6.07, 6.45) is 5.71. The van der Waals surface area contributed by atoms with Gasteiger partial charge in [-0.2, -0.15) is 0 Å². The topological polar surface area (TPSA) is 58.1 Å². The summed E-state index contributed by atoms with van der Waals surface area (Å²) >= 11 is 1.62. The summed E-state index contributed by atoms with van der Waals surface area (Å²) in [6.45, 7) is 2.26. The van der Waals surface area contributed by atoms with Gasteiger partial charge in [0, 0.05) is 36.8 Å². The fourth-order valence-electron chi connectivity index (χ4n) is 4.48. The number of carbonyl (C=O) groups excluding carboxylic acids is 1. The molecule has 1 aliphatic heterocycles. The highest BCUT2D eigenvalue weighted by molar-refractivity contribution is 7.13. The van der Waals surface area contributed by atoms with Crippen LogP contribution in [0, 0.1) is 11.3 Å². The number of thiazole rings is 1. The van der Waals surface area contributed by atoms with E-state index < -0.39 is 0 Å². The molecule has 6 heteroatoms. The van der Waals surface area contributed by atoms with Crippen molar-refractivity contribution in [3.05, 3.63) is 42.2 Å². The van der Waals surface area contributed by atoms with Crippen molar-refractivity contribution in [2.24, 2.45) is 11.3 Å². The van der Waals surface area contributed by atoms with E-state index in [-0.39, 0.29) is 11.8 Å². The number of hydrogen-bond acceptors (Lipinski definition) is 5. The van der Waals surface area contributed by atoms with Crippen LogP contribution in [0.4, 0.5) is 5.82 Å². The molecule has 3 aromatic rings. The number of amides is 1. The number of pyridine rings is 1. The van der Waals surface area contributed by atoms with Crippen molar-refractivity contribution < 1.29 is 4.79 Å². The number of rotatable bonds is 3. The molecule has 5 nitrogen and oxygen atoms in total. The van der Waals surface area contributed by atoms with E-state index in [1.165, 1.54) is 0 Å². The molecule has 0 radical (unpaired) electrons. The number of fused-ring (bicyclic) bond motifs is 1. The Morgan fingerprint density at radius 3 is 2.81 bits per heavy atom. The second-order valence-corrected chi connectivity index (χ2v) is 8.65. The number of nitrogens with zero attached hydrogens (tertiary/aromatic N) is 3. The minimum absolute atomic E-state index is 0.107. The van der Waals surface area contributed by atoms with Crippen molar-refractivity contribution in [3.8, 4) is 10.4 Å². The first-order valence-corrected chi connectivity index (χ1v) is 9.76. The van der Waals surface area contributed by atoms with E-state index in [1.54, 1.807) is 11.3 Å². The molecule has 1 aliphatic carbocycles. The maximum atomic E-state index is 12.5. The zero-order valence-electron chi connectivity index (χ0n) is 14.6. The van der Waals surface area contributed by atoms with Crippen molar-refractivity contribution >= 4 is 33.8 Å². The molecule has 0 bridgehead atoms. The standard InChI is InChI=1S/C20H20N4OS/c1-24-10-20(11-24)6-16(7-20)19(25)23-18-5-15-4-13(17-9-21-12-26-17)2-3-14(15)8-22-18/h2-5,8-9,12,16H,6-7,10-11H2,1H3,(H,22,23,25). The molecule has 0 unspecified atom stereocenters. The Hall–Kier alpha value is -2.31. The van der Waals surface area contributed by atoms with Crippen molar-refractivity contribution in [2.45, 2.75) is 12.8 Å². The SMILES string of the molecule is CN1CC2(CC(C(=O)Nc3cc4cc(-c5cncs5)ccc4cn3)C2)C1. The summed E-state index contributed by atoms with van der Waals surface area (Å²) in [7, 11) is 2.14. The van der Waals surface area contributed by atoms with Gasteiger partial charge >= 0.3 is 0 Å². The number of carbonyl (C=O) groups is 1. The molecule has 5 rings (SSSR count). The lowest BCUT2D eigenvalue weighted by molar-refractivity contribution is -0.137. The molecule has 3 heterocycles. The van der Waals surface area contributed by atoms with E-state index in [9.17, 15) is 4.79 Å². The fraction of sp³-hybridized carbons (Fsp3) is 0.350. The van der Waals surface area contributed by atoms with Gasteiger partial charge in [0.25, 0.3) is 0 Å². The van der Waals surface area contributed by atoms with Crippen molar-refractivity contribution in [2.75, 3.05) is 25.5 Å². The number of benzene rings is 1. The molecular weight excluding hydrogens is 344 g/mol. The number of nitrogens with one attached hydrogen (secondary N) is 1. The highest BCUT2D eigenvalue weighted by Gasteiger charge is 2.53. The van der Waals surface area contributed by atoms with Crippen LogP contribution >= 0.6 is 11.3 Å². The smallest absolute Gasteiger partial charge is 0.228 e. The maximum absolute atomic E-state index is 12.5. The van der Waals surface area contributed by atoms with Crippen molar-refractivity contribution in [1.82, 2.24) is 14.9 Å². The fourth-order valence-corrected chi connectivity index (χ4v) is 5.10. The van der Waals surface area contributed by atoms with Crippen LogP contribution in [0.5, 0.6) is 0 Å². The Morgan fingerprint density at radius 1 is 1.23 bits per heavy atom. The third kappa shape index (κ3) is 2.70. The predicted octanol–water partition coefficient (Wildman–Crippen LogP) is 3.64. The molecular formula is C20H20N4OS. The molecule has 1 amide bonds. The highest BCUT2D eigenvalue weighted by atomic mass is 32.1. The van der Waals surface area contributed by atoms with Gasteiger partial charge in [0.15, 0.2) is 0 Å². The number of hydrogen-bond donors (Lipinski definition) is 1. The first kappa shape index (κ1) is 15.9. The molecule has 2 aliphatic rings. The van der Waals surface area contributed by atoms with Crippen molar-refractivity contribution in [3.63, 3.8) is 0 Å². The van der Waals surface area contributed by atoms with Gasteiger partial charge in [0.1, 0.15) is 5.82 Å². The Morgan fingerprint density at radius 2 is 2.08 bits per heavy atom. The van der Waals surface area contributed by atoms with Crippen LogP contribution in [0.25, 0.3) is 21.2 Å². The summed E-state index contributed by atoms with van der Waals surface area (Å²) in [6, 6.07) is 8.23. The molecule has 0 atom stereocenters.